The molecular weight excluding hydrogens is 1560 g/mol. The van der Waals surface area contributed by atoms with Gasteiger partial charge in [-0.15, -0.1) is 0 Å². The largest absolute Gasteiger partial charge is 0.0622 e. The minimum atomic E-state index is 1.23. The van der Waals surface area contributed by atoms with E-state index in [-0.39, 0.29) is 0 Å². The van der Waals surface area contributed by atoms with Gasteiger partial charge in [-0.3, -0.25) is 0 Å². The Morgan fingerprint density at radius 3 is 0.746 bits per heavy atom. The van der Waals surface area contributed by atoms with Gasteiger partial charge in [-0.25, -0.2) is 0 Å². The van der Waals surface area contributed by atoms with Crippen molar-refractivity contribution in [3.05, 3.63) is 522 Å². The molecule has 0 saturated carbocycles. The zero-order chi connectivity index (χ0) is 86.2. The molecule has 0 aliphatic rings. The molecule has 0 N–H and O–H groups in total. The molecule has 0 spiro atoms. The summed E-state index contributed by atoms with van der Waals surface area (Å²) in [6.45, 7) is 0. The van der Waals surface area contributed by atoms with E-state index in [1.807, 2.05) is 0 Å². The van der Waals surface area contributed by atoms with Crippen molar-refractivity contribution in [1.29, 1.82) is 0 Å². The summed E-state index contributed by atoms with van der Waals surface area (Å²) >= 11 is 0. The highest BCUT2D eigenvalue weighted by Crippen LogP contribution is 2.51. The molecule has 0 aliphatic carbocycles. The second-order valence-corrected chi connectivity index (χ2v) is 33.8. The van der Waals surface area contributed by atoms with Crippen LogP contribution in [0, 0.1) is 0 Å². The lowest BCUT2D eigenvalue weighted by Gasteiger charge is -2.20. The summed E-state index contributed by atoms with van der Waals surface area (Å²) in [4.78, 5) is 0. The van der Waals surface area contributed by atoms with Crippen molar-refractivity contribution in [3.63, 3.8) is 0 Å². The maximum Gasteiger partial charge on any atom is -0.00201 e. The van der Waals surface area contributed by atoms with E-state index in [9.17, 15) is 0 Å². The Labute approximate surface area is 757 Å². The van der Waals surface area contributed by atoms with Gasteiger partial charge in [0.2, 0.25) is 0 Å². The molecule has 0 heteroatoms. The summed E-state index contributed by atoms with van der Waals surface area (Å²) in [7, 11) is 0. The van der Waals surface area contributed by atoms with Gasteiger partial charge in [0.05, 0.1) is 0 Å². The molecule has 0 fully saturated rings. The first kappa shape index (κ1) is 77.9. The predicted molar refractivity (Wildman–Crippen MR) is 560 cm³/mol. The third-order valence-corrected chi connectivity index (χ3v) is 26.4. The third kappa shape index (κ3) is 14.5. The van der Waals surface area contributed by atoms with Crippen LogP contribution in [0.5, 0.6) is 0 Å². The van der Waals surface area contributed by atoms with Gasteiger partial charge in [-0.1, -0.05) is 504 Å². The lowest BCUT2D eigenvalue weighted by molar-refractivity contribution is 1.61. The Morgan fingerprint density at radius 1 is 0.0769 bits per heavy atom. The van der Waals surface area contributed by atoms with E-state index in [0.29, 0.717) is 0 Å². The van der Waals surface area contributed by atoms with Crippen LogP contribution in [0.15, 0.2) is 522 Å². The number of fused-ring (bicyclic) bond motifs is 11. The van der Waals surface area contributed by atoms with Crippen LogP contribution in [-0.2, 0) is 0 Å². The highest BCUT2D eigenvalue weighted by molar-refractivity contribution is 6.25. The van der Waals surface area contributed by atoms with Crippen LogP contribution in [0.25, 0.3) is 241 Å². The summed E-state index contributed by atoms with van der Waals surface area (Å²) in [6.07, 6.45) is 0. The van der Waals surface area contributed by atoms with Crippen molar-refractivity contribution in [2.45, 2.75) is 0 Å². The Kier molecular flexibility index (Phi) is 20.5. The lowest BCUT2D eigenvalue weighted by Crippen LogP contribution is -1.92. The molecule has 0 heterocycles. The van der Waals surface area contributed by atoms with Crippen LogP contribution >= 0.6 is 0 Å². The Hall–Kier alpha value is -16.9. The van der Waals surface area contributed by atoms with E-state index >= 15 is 0 Å². The average molecular weight is 1650 g/mol. The second kappa shape index (κ2) is 34.2. The second-order valence-electron chi connectivity index (χ2n) is 33.8. The standard InChI is InChI=1S/C46H30.2C42H28/c1-2-12-31(13-3-1)32-22-26-34(27-23-32)45-40-18-8-10-20-42(40)46(43-21-11-9-19-41(43)45)35-28-24-33(25-29-35)44-30-36-14-4-5-15-37(36)38-16-6-7-17-39(38)44;1-2-12-29(13-3-1)30-24-26-32(27-25-30)41-37-19-6-8-21-39(37)42(40-22-9-7-20-38(40)41)34-17-10-16-33(28-34)36-23-11-15-31-14-4-5-18-35(31)36;1-2-12-29(13-3-1)31-22-25-32(26-23-31)41-37-18-8-10-20-39(37)42(40-21-11-9-19-38(40)41)36-17-7-6-16-35(36)34-27-24-30-14-4-5-15-33(30)28-34/h1-30H;2*1-28H. The maximum absolute atomic E-state index is 2.37. The minimum Gasteiger partial charge on any atom is -0.0622 e. The minimum absolute atomic E-state index is 1.23. The summed E-state index contributed by atoms with van der Waals surface area (Å²) in [6, 6.07) is 190. The van der Waals surface area contributed by atoms with Crippen LogP contribution in [0.3, 0.4) is 0 Å². The molecule has 25 aromatic rings. The van der Waals surface area contributed by atoms with E-state index in [1.54, 1.807) is 0 Å². The summed E-state index contributed by atoms with van der Waals surface area (Å²) in [5.74, 6) is 0. The summed E-state index contributed by atoms with van der Waals surface area (Å²) in [5.41, 5.74) is 30.0. The monoisotopic (exact) mass is 1650 g/mol. The van der Waals surface area contributed by atoms with Crippen molar-refractivity contribution in [2.24, 2.45) is 0 Å². The van der Waals surface area contributed by atoms with Crippen LogP contribution in [0.4, 0.5) is 0 Å². The van der Waals surface area contributed by atoms with Gasteiger partial charge in [0.15, 0.2) is 0 Å². The van der Waals surface area contributed by atoms with Gasteiger partial charge in [0.1, 0.15) is 0 Å². The van der Waals surface area contributed by atoms with Crippen LogP contribution in [0.1, 0.15) is 0 Å². The van der Waals surface area contributed by atoms with E-state index in [1.165, 1.54) is 241 Å². The third-order valence-electron chi connectivity index (χ3n) is 26.4. The van der Waals surface area contributed by atoms with Crippen LogP contribution in [0.2, 0.25) is 0 Å². The molecule has 0 unspecified atom stereocenters. The topological polar surface area (TPSA) is 0 Å². The van der Waals surface area contributed by atoms with Gasteiger partial charge < -0.3 is 0 Å². The van der Waals surface area contributed by atoms with Crippen molar-refractivity contribution in [2.75, 3.05) is 0 Å². The smallest absolute Gasteiger partial charge is 0.00201 e. The molecule has 0 atom stereocenters. The molecule has 0 aromatic heterocycles. The van der Waals surface area contributed by atoms with Crippen LogP contribution < -0.4 is 0 Å². The predicted octanol–water partition coefficient (Wildman–Crippen LogP) is 36.6. The molecular formula is C130H86. The van der Waals surface area contributed by atoms with Gasteiger partial charge in [-0.05, 0) is 259 Å². The van der Waals surface area contributed by atoms with Gasteiger partial charge in [0, 0.05) is 0 Å². The van der Waals surface area contributed by atoms with E-state index < -0.39 is 0 Å². The number of benzene rings is 25. The Balaban J connectivity index is 0.000000111. The zero-order valence-electron chi connectivity index (χ0n) is 71.7. The fraction of sp³-hybridized carbons (Fsp3) is 0. The highest BCUT2D eigenvalue weighted by atomic mass is 14.3. The number of hydrogen-bond donors (Lipinski definition) is 0. The number of rotatable bonds is 12. The molecule has 0 aliphatic heterocycles. The first-order valence-electron chi connectivity index (χ1n) is 45.0. The average Bonchev–Trinajstić information content (AvgIpc) is 0.742. The summed E-state index contributed by atoms with van der Waals surface area (Å²) < 4.78 is 0. The molecule has 0 amide bonds. The highest BCUT2D eigenvalue weighted by Gasteiger charge is 2.23. The Bertz CT molecular complexity index is 8410. The zero-order valence-corrected chi connectivity index (χ0v) is 71.7. The first-order chi connectivity index (χ1) is 64.5. The fourth-order valence-corrected chi connectivity index (χ4v) is 20.3. The maximum atomic E-state index is 2.37. The molecule has 0 saturated heterocycles. The van der Waals surface area contributed by atoms with E-state index in [4.69, 9.17) is 0 Å². The van der Waals surface area contributed by atoms with Gasteiger partial charge in [0.25, 0.3) is 0 Å². The van der Waals surface area contributed by atoms with Crippen LogP contribution in [-0.4, -0.2) is 0 Å². The quantitative estimate of drug-likeness (QED) is 0.0845. The van der Waals surface area contributed by atoms with Crippen molar-refractivity contribution >= 4 is 108 Å². The molecule has 25 rings (SSSR count). The fourth-order valence-electron chi connectivity index (χ4n) is 20.3. The number of hydrogen-bond acceptors (Lipinski definition) is 0. The Morgan fingerprint density at radius 2 is 0.323 bits per heavy atom. The van der Waals surface area contributed by atoms with E-state index in [2.05, 4.69) is 522 Å². The molecule has 25 aromatic carbocycles. The van der Waals surface area contributed by atoms with Crippen molar-refractivity contribution in [3.8, 4) is 134 Å². The first-order valence-corrected chi connectivity index (χ1v) is 45.0. The molecule has 0 radical (unpaired) electrons. The normalized spacial score (nSPS) is 11.4. The molecule has 606 valence electrons. The summed E-state index contributed by atoms with van der Waals surface area (Å²) in [5, 5.41) is 25.5. The molecule has 0 nitrogen and oxygen atoms in total. The van der Waals surface area contributed by atoms with E-state index in [0.717, 1.165) is 0 Å². The van der Waals surface area contributed by atoms with Crippen molar-refractivity contribution in [1.82, 2.24) is 0 Å². The molecule has 130 heavy (non-hydrogen) atoms. The molecule has 0 bridgehead atoms. The van der Waals surface area contributed by atoms with Gasteiger partial charge >= 0.3 is 0 Å². The van der Waals surface area contributed by atoms with Crippen molar-refractivity contribution < 1.29 is 0 Å². The lowest BCUT2D eigenvalue weighted by atomic mass is 9.83. The SMILES string of the molecule is c1ccc(-c2ccc(-c3c4ccccc4c(-c4ccc(-c5cc6ccccc6c6ccccc56)cc4)c4ccccc34)cc2)cc1.c1ccc(-c2ccc(-c3c4ccccc4c(-c4cccc(-c5cccc6ccccc56)c4)c4ccccc34)cc2)cc1.c1ccc(-c2ccc(-c3c4ccccc4c(-c4ccccc4-c4ccc5ccccc5c4)c4ccccc34)cc2)cc1. The van der Waals surface area contributed by atoms with Gasteiger partial charge in [-0.2, -0.15) is 0 Å².